The van der Waals surface area contributed by atoms with Crippen LogP contribution in [0.1, 0.15) is 17.2 Å². The molecular formula is C13H11ClF3N3O. The molecule has 1 unspecified atom stereocenters. The van der Waals surface area contributed by atoms with Crippen LogP contribution in [-0.4, -0.2) is 21.7 Å². The van der Waals surface area contributed by atoms with Crippen LogP contribution in [0.5, 0.6) is 0 Å². The van der Waals surface area contributed by atoms with Gasteiger partial charge in [0.2, 0.25) is 5.28 Å². The summed E-state index contributed by atoms with van der Waals surface area (Å²) in [5.74, 6) is 0.228. The van der Waals surface area contributed by atoms with E-state index in [0.717, 1.165) is 6.07 Å². The number of aliphatic hydroxyl groups is 1. The quantitative estimate of drug-likeness (QED) is 0.850. The van der Waals surface area contributed by atoms with E-state index in [9.17, 15) is 18.3 Å². The topological polar surface area (TPSA) is 58.0 Å². The first-order chi connectivity index (χ1) is 9.91. The monoisotopic (exact) mass is 317 g/mol. The highest BCUT2D eigenvalue weighted by atomic mass is 35.5. The number of aromatic nitrogens is 2. The first-order valence-corrected chi connectivity index (χ1v) is 6.31. The molecule has 0 aliphatic rings. The average Bonchev–Trinajstić information content (AvgIpc) is 2.44. The summed E-state index contributed by atoms with van der Waals surface area (Å²) in [6.45, 7) is -0.533. The van der Waals surface area contributed by atoms with Gasteiger partial charge < -0.3 is 10.4 Å². The normalized spacial score (nSPS) is 13.0. The second-order valence-corrected chi connectivity index (χ2v) is 4.51. The Hall–Kier alpha value is -1.86. The molecular weight excluding hydrogens is 307 g/mol. The summed E-state index contributed by atoms with van der Waals surface area (Å²) in [6.07, 6.45) is -3.14. The molecule has 0 aliphatic heterocycles. The second-order valence-electron chi connectivity index (χ2n) is 4.18. The van der Waals surface area contributed by atoms with Crippen LogP contribution in [0.3, 0.4) is 0 Å². The minimum atomic E-state index is -4.50. The van der Waals surface area contributed by atoms with E-state index in [1.807, 2.05) is 0 Å². The molecule has 0 amide bonds. The van der Waals surface area contributed by atoms with Crippen molar-refractivity contribution in [2.45, 2.75) is 12.2 Å². The van der Waals surface area contributed by atoms with E-state index in [2.05, 4.69) is 15.3 Å². The summed E-state index contributed by atoms with van der Waals surface area (Å²) in [5, 5.41) is 12.1. The van der Waals surface area contributed by atoms with Crippen molar-refractivity contribution in [3.63, 3.8) is 0 Å². The highest BCUT2D eigenvalue weighted by Crippen LogP contribution is 2.35. The van der Waals surface area contributed by atoms with Crippen molar-refractivity contribution in [1.82, 2.24) is 9.97 Å². The van der Waals surface area contributed by atoms with Crippen molar-refractivity contribution in [2.24, 2.45) is 0 Å². The molecule has 0 spiro atoms. The number of rotatable bonds is 4. The van der Waals surface area contributed by atoms with Crippen LogP contribution in [0, 0.1) is 0 Å². The first-order valence-electron chi connectivity index (χ1n) is 5.94. The third kappa shape index (κ3) is 3.83. The van der Waals surface area contributed by atoms with E-state index in [1.165, 1.54) is 30.5 Å². The van der Waals surface area contributed by atoms with E-state index < -0.39 is 24.4 Å². The average molecular weight is 318 g/mol. The van der Waals surface area contributed by atoms with Gasteiger partial charge in [-0.15, -0.1) is 0 Å². The third-order valence-electron chi connectivity index (χ3n) is 2.77. The van der Waals surface area contributed by atoms with Crippen LogP contribution < -0.4 is 5.32 Å². The maximum absolute atomic E-state index is 13.0. The zero-order chi connectivity index (χ0) is 15.5. The molecule has 0 saturated carbocycles. The Balaban J connectivity index is 2.34. The van der Waals surface area contributed by atoms with E-state index in [4.69, 9.17) is 11.6 Å². The summed E-state index contributed by atoms with van der Waals surface area (Å²) in [4.78, 5) is 7.50. The predicted molar refractivity (Wildman–Crippen MR) is 71.9 cm³/mol. The van der Waals surface area contributed by atoms with Gasteiger partial charge in [0.05, 0.1) is 18.2 Å². The number of alkyl halides is 3. The van der Waals surface area contributed by atoms with E-state index in [0.29, 0.717) is 0 Å². The van der Waals surface area contributed by atoms with Crippen LogP contribution in [0.15, 0.2) is 36.5 Å². The van der Waals surface area contributed by atoms with E-state index >= 15 is 0 Å². The number of hydrogen-bond donors (Lipinski definition) is 2. The third-order valence-corrected chi connectivity index (χ3v) is 2.95. The molecule has 1 atom stereocenters. The maximum atomic E-state index is 13.0. The van der Waals surface area contributed by atoms with Crippen LogP contribution in [0.4, 0.5) is 19.0 Å². The number of nitrogens with one attached hydrogen (secondary N) is 1. The van der Waals surface area contributed by atoms with Crippen molar-refractivity contribution < 1.29 is 18.3 Å². The molecule has 1 heterocycles. The smallest absolute Gasteiger partial charge is 0.394 e. The van der Waals surface area contributed by atoms with E-state index in [-0.39, 0.29) is 16.7 Å². The zero-order valence-electron chi connectivity index (χ0n) is 10.6. The maximum Gasteiger partial charge on any atom is 0.416 e. The van der Waals surface area contributed by atoms with Crippen molar-refractivity contribution in [3.05, 3.63) is 52.9 Å². The standard InChI is InChI=1S/C13H11ClF3N3O/c14-12-18-6-5-11(20-12)19-10(7-21)8-3-1-2-4-9(8)13(15,16)17/h1-6,10,21H,7H2,(H,18,19,20). The van der Waals surface area contributed by atoms with Crippen LogP contribution in [-0.2, 0) is 6.18 Å². The molecule has 21 heavy (non-hydrogen) atoms. The molecule has 1 aromatic carbocycles. The molecule has 112 valence electrons. The number of hydrogen-bond acceptors (Lipinski definition) is 4. The molecule has 2 rings (SSSR count). The van der Waals surface area contributed by atoms with Crippen LogP contribution in [0.25, 0.3) is 0 Å². The Kier molecular flexibility index (Phi) is 4.64. The Morgan fingerprint density at radius 2 is 1.95 bits per heavy atom. The molecule has 0 aliphatic carbocycles. The van der Waals surface area contributed by atoms with Crippen LogP contribution >= 0.6 is 11.6 Å². The largest absolute Gasteiger partial charge is 0.416 e. The van der Waals surface area contributed by atoms with Gasteiger partial charge in [-0.05, 0) is 29.3 Å². The molecule has 1 aromatic heterocycles. The lowest BCUT2D eigenvalue weighted by atomic mass is 10.0. The molecule has 0 radical (unpaired) electrons. The highest BCUT2D eigenvalue weighted by molar-refractivity contribution is 6.28. The number of benzene rings is 1. The molecule has 0 fully saturated rings. The first kappa shape index (κ1) is 15.5. The number of nitrogens with zero attached hydrogens (tertiary/aromatic N) is 2. The van der Waals surface area contributed by atoms with Gasteiger partial charge >= 0.3 is 6.18 Å². The van der Waals surface area contributed by atoms with Gasteiger partial charge in [-0.1, -0.05) is 18.2 Å². The number of halogens is 4. The number of aliphatic hydroxyl groups excluding tert-OH is 1. The Morgan fingerprint density at radius 3 is 2.57 bits per heavy atom. The lowest BCUT2D eigenvalue weighted by molar-refractivity contribution is -0.138. The molecule has 8 heteroatoms. The minimum Gasteiger partial charge on any atom is -0.394 e. The molecule has 0 saturated heterocycles. The Bertz CT molecular complexity index is 622. The molecule has 2 N–H and O–H groups in total. The van der Waals surface area contributed by atoms with Crippen molar-refractivity contribution in [1.29, 1.82) is 0 Å². The second kappa shape index (κ2) is 6.28. The summed E-state index contributed by atoms with van der Waals surface area (Å²) < 4.78 is 39.0. The van der Waals surface area contributed by atoms with Crippen molar-refractivity contribution >= 4 is 17.4 Å². The molecule has 2 aromatic rings. The van der Waals surface area contributed by atoms with Gasteiger partial charge in [-0.2, -0.15) is 13.2 Å². The highest BCUT2D eigenvalue weighted by Gasteiger charge is 2.34. The predicted octanol–water partition coefficient (Wildman–Crippen LogP) is 3.29. The van der Waals surface area contributed by atoms with Gasteiger partial charge in [-0.3, -0.25) is 0 Å². The van der Waals surface area contributed by atoms with E-state index in [1.54, 1.807) is 0 Å². The summed E-state index contributed by atoms with van der Waals surface area (Å²) in [7, 11) is 0. The van der Waals surface area contributed by atoms with Crippen molar-refractivity contribution in [3.8, 4) is 0 Å². The fourth-order valence-corrected chi connectivity index (χ4v) is 2.02. The summed E-state index contributed by atoms with van der Waals surface area (Å²) in [6, 6.07) is 5.52. The minimum absolute atomic E-state index is 0.0409. The lowest BCUT2D eigenvalue weighted by Crippen LogP contribution is -2.20. The van der Waals surface area contributed by atoms with Gasteiger partial charge in [0.15, 0.2) is 0 Å². The van der Waals surface area contributed by atoms with Crippen LogP contribution in [0.2, 0.25) is 5.28 Å². The summed E-state index contributed by atoms with van der Waals surface area (Å²) in [5.41, 5.74) is -0.876. The summed E-state index contributed by atoms with van der Waals surface area (Å²) >= 11 is 5.62. The fourth-order valence-electron chi connectivity index (χ4n) is 1.87. The lowest BCUT2D eigenvalue weighted by Gasteiger charge is -2.21. The number of anilines is 1. The fraction of sp³-hybridized carbons (Fsp3) is 0.231. The Labute approximate surface area is 123 Å². The van der Waals surface area contributed by atoms with Crippen molar-refractivity contribution in [2.75, 3.05) is 11.9 Å². The van der Waals surface area contributed by atoms with Gasteiger partial charge in [0, 0.05) is 6.20 Å². The van der Waals surface area contributed by atoms with Gasteiger partial charge in [0.1, 0.15) is 5.82 Å². The SMILES string of the molecule is OCC(Nc1ccnc(Cl)n1)c1ccccc1C(F)(F)F. The van der Waals surface area contributed by atoms with Gasteiger partial charge in [0.25, 0.3) is 0 Å². The molecule has 0 bridgehead atoms. The van der Waals surface area contributed by atoms with Gasteiger partial charge in [-0.25, -0.2) is 9.97 Å². The zero-order valence-corrected chi connectivity index (χ0v) is 11.4. The Morgan fingerprint density at radius 1 is 1.24 bits per heavy atom. The molecule has 4 nitrogen and oxygen atoms in total.